The Morgan fingerprint density at radius 3 is 2.23 bits per heavy atom. The van der Waals surface area contributed by atoms with E-state index < -0.39 is 10.0 Å². The van der Waals surface area contributed by atoms with E-state index >= 15 is 0 Å². The number of benzene rings is 2. The summed E-state index contributed by atoms with van der Waals surface area (Å²) < 4.78 is 39.6. The van der Waals surface area contributed by atoms with Gasteiger partial charge >= 0.3 is 0 Å². The monoisotopic (exact) mass is 447 g/mol. The third-order valence-electron chi connectivity index (χ3n) is 4.55. The standard InChI is InChI=1S/C21H22FN3O3S2/c1-4-25(5-2)30(27,28)18-12-10-17(11-13-18)24-20(26)19-14(3)23-21(29-19)15-6-8-16(22)9-7-15/h6-13H,4-5H2,1-3H3,(H,24,26). The van der Waals surface area contributed by atoms with Gasteiger partial charge in [0.1, 0.15) is 15.7 Å². The van der Waals surface area contributed by atoms with Crippen LogP contribution in [-0.4, -0.2) is 36.7 Å². The Hall–Kier alpha value is -2.62. The highest BCUT2D eigenvalue weighted by atomic mass is 32.2. The van der Waals surface area contributed by atoms with E-state index in [0.29, 0.717) is 34.4 Å². The molecule has 0 saturated carbocycles. The number of hydrogen-bond donors (Lipinski definition) is 1. The Bertz CT molecular complexity index is 1140. The number of carbonyl (C=O) groups excluding carboxylic acids is 1. The zero-order chi connectivity index (χ0) is 21.9. The number of nitrogens with one attached hydrogen (secondary N) is 1. The minimum Gasteiger partial charge on any atom is -0.321 e. The SMILES string of the molecule is CCN(CC)S(=O)(=O)c1ccc(NC(=O)c2sc(-c3ccc(F)cc3)nc2C)cc1. The van der Waals surface area contributed by atoms with Crippen LogP contribution < -0.4 is 5.32 Å². The second-order valence-corrected chi connectivity index (χ2v) is 9.45. The minimum absolute atomic E-state index is 0.178. The van der Waals surface area contributed by atoms with Crippen molar-refractivity contribution in [2.75, 3.05) is 18.4 Å². The van der Waals surface area contributed by atoms with Gasteiger partial charge in [-0.15, -0.1) is 11.3 Å². The molecule has 1 heterocycles. The number of rotatable bonds is 7. The molecule has 1 N–H and O–H groups in total. The lowest BCUT2D eigenvalue weighted by atomic mass is 10.2. The third kappa shape index (κ3) is 4.58. The van der Waals surface area contributed by atoms with Crippen LogP contribution in [0.4, 0.5) is 10.1 Å². The van der Waals surface area contributed by atoms with E-state index in [0.717, 1.165) is 5.56 Å². The Balaban J connectivity index is 1.77. The van der Waals surface area contributed by atoms with Crippen LogP contribution in [0.25, 0.3) is 10.6 Å². The number of hydrogen-bond acceptors (Lipinski definition) is 5. The number of anilines is 1. The lowest BCUT2D eigenvalue weighted by molar-refractivity contribution is 0.103. The summed E-state index contributed by atoms with van der Waals surface area (Å²) in [6.07, 6.45) is 0. The van der Waals surface area contributed by atoms with E-state index in [1.54, 1.807) is 45.0 Å². The van der Waals surface area contributed by atoms with Gasteiger partial charge in [0.15, 0.2) is 0 Å². The van der Waals surface area contributed by atoms with Gasteiger partial charge in [-0.25, -0.2) is 17.8 Å². The van der Waals surface area contributed by atoms with Crippen LogP contribution in [0.1, 0.15) is 29.2 Å². The molecule has 1 amide bonds. The van der Waals surface area contributed by atoms with Gasteiger partial charge in [0, 0.05) is 24.3 Å². The van der Waals surface area contributed by atoms with E-state index in [-0.39, 0.29) is 16.6 Å². The molecule has 158 valence electrons. The number of sulfonamides is 1. The predicted octanol–water partition coefficient (Wildman–Crippen LogP) is 4.54. The van der Waals surface area contributed by atoms with Crippen molar-refractivity contribution in [3.63, 3.8) is 0 Å². The summed E-state index contributed by atoms with van der Waals surface area (Å²) in [4.78, 5) is 17.7. The molecule has 9 heteroatoms. The Labute approximate surface area is 179 Å². The highest BCUT2D eigenvalue weighted by molar-refractivity contribution is 7.89. The van der Waals surface area contributed by atoms with Crippen molar-refractivity contribution < 1.29 is 17.6 Å². The fourth-order valence-electron chi connectivity index (χ4n) is 2.93. The summed E-state index contributed by atoms with van der Waals surface area (Å²) >= 11 is 1.21. The maximum atomic E-state index is 13.1. The Morgan fingerprint density at radius 2 is 1.67 bits per heavy atom. The van der Waals surface area contributed by atoms with Crippen molar-refractivity contribution in [3.05, 3.63) is 64.9 Å². The topological polar surface area (TPSA) is 79.4 Å². The summed E-state index contributed by atoms with van der Waals surface area (Å²) in [6, 6.07) is 12.0. The van der Waals surface area contributed by atoms with Gasteiger partial charge in [0.05, 0.1) is 10.6 Å². The lowest BCUT2D eigenvalue weighted by Crippen LogP contribution is -2.30. The minimum atomic E-state index is -3.55. The first kappa shape index (κ1) is 22.1. The first-order valence-electron chi connectivity index (χ1n) is 9.41. The summed E-state index contributed by atoms with van der Waals surface area (Å²) in [5.41, 5.74) is 1.78. The number of halogens is 1. The molecule has 0 atom stereocenters. The number of amides is 1. The first-order valence-corrected chi connectivity index (χ1v) is 11.7. The molecular formula is C21H22FN3O3S2. The number of nitrogens with zero attached hydrogens (tertiary/aromatic N) is 2. The number of aryl methyl sites for hydroxylation is 1. The number of thiazole rings is 1. The summed E-state index contributed by atoms with van der Waals surface area (Å²) in [5.74, 6) is -0.672. The zero-order valence-corrected chi connectivity index (χ0v) is 18.5. The van der Waals surface area contributed by atoms with Crippen molar-refractivity contribution in [1.29, 1.82) is 0 Å². The van der Waals surface area contributed by atoms with E-state index in [1.165, 1.54) is 39.9 Å². The van der Waals surface area contributed by atoms with Crippen molar-refractivity contribution in [2.24, 2.45) is 0 Å². The fourth-order valence-corrected chi connectivity index (χ4v) is 5.36. The molecule has 0 aliphatic heterocycles. The second kappa shape index (κ2) is 9.03. The van der Waals surface area contributed by atoms with Crippen LogP contribution in [-0.2, 0) is 10.0 Å². The number of carbonyl (C=O) groups is 1. The third-order valence-corrected chi connectivity index (χ3v) is 7.82. The van der Waals surface area contributed by atoms with Crippen molar-refractivity contribution in [3.8, 4) is 10.6 Å². The molecule has 0 aliphatic carbocycles. The molecule has 0 aliphatic rings. The van der Waals surface area contributed by atoms with Crippen LogP contribution in [0.15, 0.2) is 53.4 Å². The molecule has 0 bridgehead atoms. The molecule has 0 radical (unpaired) electrons. The first-order chi connectivity index (χ1) is 14.3. The summed E-state index contributed by atoms with van der Waals surface area (Å²) in [5, 5.41) is 3.40. The maximum Gasteiger partial charge on any atom is 0.267 e. The summed E-state index contributed by atoms with van der Waals surface area (Å²) in [6.45, 7) is 6.08. The smallest absolute Gasteiger partial charge is 0.267 e. The molecule has 3 rings (SSSR count). The average Bonchev–Trinajstić information content (AvgIpc) is 3.11. The Morgan fingerprint density at radius 1 is 1.07 bits per heavy atom. The normalized spacial score (nSPS) is 11.6. The molecule has 0 fully saturated rings. The fraction of sp³-hybridized carbons (Fsp3) is 0.238. The predicted molar refractivity (Wildman–Crippen MR) is 117 cm³/mol. The van der Waals surface area contributed by atoms with E-state index in [1.807, 2.05) is 0 Å². The van der Waals surface area contributed by atoms with Crippen LogP contribution in [0.2, 0.25) is 0 Å². The molecule has 2 aromatic carbocycles. The largest absolute Gasteiger partial charge is 0.321 e. The molecule has 0 spiro atoms. The van der Waals surface area contributed by atoms with Gasteiger partial charge in [-0.3, -0.25) is 4.79 Å². The van der Waals surface area contributed by atoms with Gasteiger partial charge in [0.25, 0.3) is 5.91 Å². The molecule has 1 aromatic heterocycles. The van der Waals surface area contributed by atoms with Gasteiger partial charge in [-0.2, -0.15) is 4.31 Å². The van der Waals surface area contributed by atoms with Gasteiger partial charge in [-0.05, 0) is 55.5 Å². The van der Waals surface area contributed by atoms with Crippen LogP contribution in [0, 0.1) is 12.7 Å². The van der Waals surface area contributed by atoms with E-state index in [4.69, 9.17) is 0 Å². The van der Waals surface area contributed by atoms with Crippen molar-refractivity contribution in [2.45, 2.75) is 25.7 Å². The van der Waals surface area contributed by atoms with Crippen LogP contribution in [0.5, 0.6) is 0 Å². The van der Waals surface area contributed by atoms with Gasteiger partial charge < -0.3 is 5.32 Å². The average molecular weight is 448 g/mol. The molecule has 30 heavy (non-hydrogen) atoms. The summed E-state index contributed by atoms with van der Waals surface area (Å²) in [7, 11) is -3.55. The molecule has 0 unspecified atom stereocenters. The lowest BCUT2D eigenvalue weighted by Gasteiger charge is -2.18. The van der Waals surface area contributed by atoms with Crippen molar-refractivity contribution >= 4 is 33.0 Å². The van der Waals surface area contributed by atoms with Crippen LogP contribution in [0.3, 0.4) is 0 Å². The molecular weight excluding hydrogens is 425 g/mol. The molecule has 6 nitrogen and oxygen atoms in total. The highest BCUT2D eigenvalue weighted by Crippen LogP contribution is 2.29. The molecule has 3 aromatic rings. The second-order valence-electron chi connectivity index (χ2n) is 6.51. The van der Waals surface area contributed by atoms with Gasteiger partial charge in [-0.1, -0.05) is 13.8 Å². The molecule has 0 saturated heterocycles. The zero-order valence-electron chi connectivity index (χ0n) is 16.8. The Kier molecular flexibility index (Phi) is 6.64. The van der Waals surface area contributed by atoms with E-state index in [2.05, 4.69) is 10.3 Å². The van der Waals surface area contributed by atoms with E-state index in [9.17, 15) is 17.6 Å². The van der Waals surface area contributed by atoms with Gasteiger partial charge in [0.2, 0.25) is 10.0 Å². The van der Waals surface area contributed by atoms with Crippen LogP contribution >= 0.6 is 11.3 Å². The highest BCUT2D eigenvalue weighted by Gasteiger charge is 2.22. The number of aromatic nitrogens is 1. The van der Waals surface area contributed by atoms with Crippen molar-refractivity contribution in [1.82, 2.24) is 9.29 Å². The quantitative estimate of drug-likeness (QED) is 0.577. The maximum absolute atomic E-state index is 13.1.